The van der Waals surface area contributed by atoms with Crippen LogP contribution >= 0.6 is 0 Å². The fourth-order valence-electron chi connectivity index (χ4n) is 1.53. The SMILES string of the molecule is C[C@@]1(C(=O)O)CNC[C@H]1C(F)(F)F. The highest BCUT2D eigenvalue weighted by atomic mass is 19.4. The van der Waals surface area contributed by atoms with E-state index in [1.54, 1.807) is 0 Å². The topological polar surface area (TPSA) is 49.3 Å². The van der Waals surface area contributed by atoms with Gasteiger partial charge in [0.25, 0.3) is 0 Å². The maximum absolute atomic E-state index is 12.3. The minimum absolute atomic E-state index is 0.132. The summed E-state index contributed by atoms with van der Waals surface area (Å²) in [5.74, 6) is -3.20. The smallest absolute Gasteiger partial charge is 0.394 e. The van der Waals surface area contributed by atoms with Crippen molar-refractivity contribution >= 4 is 5.97 Å². The third-order valence-electron chi connectivity index (χ3n) is 2.49. The van der Waals surface area contributed by atoms with Crippen LogP contribution < -0.4 is 5.32 Å². The maximum Gasteiger partial charge on any atom is 0.394 e. The second kappa shape index (κ2) is 2.87. The Hall–Kier alpha value is -0.780. The minimum atomic E-state index is -4.45. The van der Waals surface area contributed by atoms with Crippen molar-refractivity contribution in [3.8, 4) is 0 Å². The van der Waals surface area contributed by atoms with Gasteiger partial charge in [0.15, 0.2) is 0 Å². The molecule has 6 heteroatoms. The van der Waals surface area contributed by atoms with E-state index in [1.165, 1.54) is 0 Å². The summed E-state index contributed by atoms with van der Waals surface area (Å²) in [6.45, 7) is 0.673. The molecule has 0 amide bonds. The lowest BCUT2D eigenvalue weighted by molar-refractivity contribution is -0.201. The van der Waals surface area contributed by atoms with Gasteiger partial charge in [0.1, 0.15) is 0 Å². The molecule has 0 aromatic rings. The maximum atomic E-state index is 12.3. The van der Waals surface area contributed by atoms with Gasteiger partial charge in [-0.3, -0.25) is 4.79 Å². The van der Waals surface area contributed by atoms with E-state index in [4.69, 9.17) is 5.11 Å². The predicted molar refractivity (Wildman–Crippen MR) is 38.2 cm³/mol. The van der Waals surface area contributed by atoms with Gasteiger partial charge in [0.05, 0.1) is 11.3 Å². The van der Waals surface area contributed by atoms with Gasteiger partial charge in [-0.15, -0.1) is 0 Å². The van der Waals surface area contributed by atoms with Crippen molar-refractivity contribution in [2.24, 2.45) is 11.3 Å². The predicted octanol–water partition coefficient (Wildman–Crippen LogP) is 0.859. The fourth-order valence-corrected chi connectivity index (χ4v) is 1.53. The van der Waals surface area contributed by atoms with E-state index < -0.39 is 23.5 Å². The molecular formula is C7H10F3NO2. The molecule has 2 atom stereocenters. The molecule has 0 aromatic carbocycles. The van der Waals surface area contributed by atoms with E-state index >= 15 is 0 Å². The van der Waals surface area contributed by atoms with E-state index in [1.807, 2.05) is 0 Å². The number of nitrogens with one attached hydrogen (secondary N) is 1. The second-order valence-corrected chi connectivity index (χ2v) is 3.45. The lowest BCUT2D eigenvalue weighted by Gasteiger charge is -2.27. The van der Waals surface area contributed by atoms with Crippen LogP contribution in [0.3, 0.4) is 0 Å². The average Bonchev–Trinajstić information content (AvgIpc) is 2.31. The molecule has 0 aliphatic carbocycles. The fraction of sp³-hybridized carbons (Fsp3) is 0.857. The van der Waals surface area contributed by atoms with Crippen molar-refractivity contribution in [1.29, 1.82) is 0 Å². The molecule has 0 saturated carbocycles. The van der Waals surface area contributed by atoms with Crippen LogP contribution in [0.15, 0.2) is 0 Å². The summed E-state index contributed by atoms with van der Waals surface area (Å²) in [5.41, 5.74) is -1.72. The van der Waals surface area contributed by atoms with Crippen LogP contribution in [0.2, 0.25) is 0 Å². The highest BCUT2D eigenvalue weighted by molar-refractivity contribution is 5.75. The van der Waals surface area contributed by atoms with Gasteiger partial charge >= 0.3 is 12.1 Å². The Kier molecular flexibility index (Phi) is 2.27. The number of hydrogen-bond donors (Lipinski definition) is 2. The Balaban J connectivity index is 2.93. The Bertz CT molecular complexity index is 228. The Morgan fingerprint density at radius 2 is 2.15 bits per heavy atom. The molecule has 0 spiro atoms. The van der Waals surface area contributed by atoms with Crippen LogP contribution in [0, 0.1) is 11.3 Å². The third-order valence-corrected chi connectivity index (χ3v) is 2.49. The number of carboxylic acids is 1. The van der Waals surface area contributed by atoms with Gasteiger partial charge in [-0.05, 0) is 6.92 Å². The molecule has 1 rings (SSSR count). The summed E-state index contributed by atoms with van der Waals surface area (Å²) in [4.78, 5) is 10.6. The zero-order valence-electron chi connectivity index (χ0n) is 6.98. The van der Waals surface area contributed by atoms with Crippen molar-refractivity contribution in [3.63, 3.8) is 0 Å². The summed E-state index contributed by atoms with van der Waals surface area (Å²) in [7, 11) is 0. The molecule has 1 aliphatic rings. The van der Waals surface area contributed by atoms with Gasteiger partial charge in [0.2, 0.25) is 0 Å². The molecule has 13 heavy (non-hydrogen) atoms. The summed E-state index contributed by atoms with van der Waals surface area (Å²) >= 11 is 0. The van der Waals surface area contributed by atoms with Gasteiger partial charge in [-0.25, -0.2) is 0 Å². The molecule has 0 radical (unpaired) electrons. The molecule has 0 bridgehead atoms. The molecule has 76 valence electrons. The van der Waals surface area contributed by atoms with Crippen LogP contribution in [-0.2, 0) is 4.79 Å². The first-order valence-corrected chi connectivity index (χ1v) is 3.79. The molecule has 0 aromatic heterocycles. The minimum Gasteiger partial charge on any atom is -0.481 e. The highest BCUT2D eigenvalue weighted by Gasteiger charge is 2.57. The highest BCUT2D eigenvalue weighted by Crippen LogP contribution is 2.42. The van der Waals surface area contributed by atoms with E-state index in [9.17, 15) is 18.0 Å². The van der Waals surface area contributed by atoms with Crippen molar-refractivity contribution < 1.29 is 23.1 Å². The molecule has 2 N–H and O–H groups in total. The number of rotatable bonds is 1. The van der Waals surface area contributed by atoms with Crippen molar-refractivity contribution in [3.05, 3.63) is 0 Å². The summed E-state index contributed by atoms with van der Waals surface area (Å²) in [5, 5.41) is 11.1. The summed E-state index contributed by atoms with van der Waals surface area (Å²) in [6, 6.07) is 0. The van der Waals surface area contributed by atoms with Crippen LogP contribution in [0.5, 0.6) is 0 Å². The number of alkyl halides is 3. The molecule has 1 aliphatic heterocycles. The molecular weight excluding hydrogens is 187 g/mol. The first-order chi connectivity index (χ1) is 5.78. The summed E-state index contributed by atoms with van der Waals surface area (Å²) in [6.07, 6.45) is -4.45. The Morgan fingerprint density at radius 1 is 1.62 bits per heavy atom. The Morgan fingerprint density at radius 3 is 2.46 bits per heavy atom. The van der Waals surface area contributed by atoms with Crippen LogP contribution in [0.4, 0.5) is 13.2 Å². The van der Waals surface area contributed by atoms with E-state index in [2.05, 4.69) is 5.32 Å². The summed E-state index contributed by atoms with van der Waals surface area (Å²) < 4.78 is 36.9. The zero-order chi connectivity index (χ0) is 10.3. The largest absolute Gasteiger partial charge is 0.481 e. The van der Waals surface area contributed by atoms with Crippen LogP contribution in [0.25, 0.3) is 0 Å². The van der Waals surface area contributed by atoms with E-state index in [0.29, 0.717) is 0 Å². The van der Waals surface area contributed by atoms with Gasteiger partial charge in [-0.2, -0.15) is 13.2 Å². The van der Waals surface area contributed by atoms with Crippen molar-refractivity contribution in [2.75, 3.05) is 13.1 Å². The number of carboxylic acid groups (broad SMARTS) is 1. The third kappa shape index (κ3) is 1.63. The zero-order valence-corrected chi connectivity index (χ0v) is 6.98. The first-order valence-electron chi connectivity index (χ1n) is 3.79. The molecule has 0 unspecified atom stereocenters. The standard InChI is InChI=1S/C7H10F3NO2/c1-6(5(12)13)3-11-2-4(6)7(8,9)10/h4,11H,2-3H2,1H3,(H,12,13)/t4-,6-/m1/s1. The normalized spacial score (nSPS) is 34.9. The molecule has 1 heterocycles. The number of halogens is 3. The average molecular weight is 197 g/mol. The van der Waals surface area contributed by atoms with Gasteiger partial charge in [-0.1, -0.05) is 0 Å². The number of aliphatic carboxylic acids is 1. The first kappa shape index (κ1) is 10.3. The van der Waals surface area contributed by atoms with E-state index in [-0.39, 0.29) is 13.1 Å². The van der Waals surface area contributed by atoms with Crippen molar-refractivity contribution in [1.82, 2.24) is 5.32 Å². The molecule has 1 fully saturated rings. The Labute approximate surface area is 72.9 Å². The number of carbonyl (C=O) groups is 1. The van der Waals surface area contributed by atoms with Gasteiger partial charge in [0, 0.05) is 13.1 Å². The van der Waals surface area contributed by atoms with Crippen LogP contribution in [-0.4, -0.2) is 30.3 Å². The van der Waals surface area contributed by atoms with Crippen LogP contribution in [0.1, 0.15) is 6.92 Å². The lowest BCUT2D eigenvalue weighted by Crippen LogP contribution is -2.42. The molecule has 3 nitrogen and oxygen atoms in total. The van der Waals surface area contributed by atoms with Crippen molar-refractivity contribution in [2.45, 2.75) is 13.1 Å². The van der Waals surface area contributed by atoms with E-state index in [0.717, 1.165) is 6.92 Å². The number of hydrogen-bond acceptors (Lipinski definition) is 2. The quantitative estimate of drug-likeness (QED) is 0.655. The monoisotopic (exact) mass is 197 g/mol. The van der Waals surface area contributed by atoms with Gasteiger partial charge < -0.3 is 10.4 Å². The molecule has 1 saturated heterocycles. The lowest BCUT2D eigenvalue weighted by atomic mass is 9.79. The second-order valence-electron chi connectivity index (χ2n) is 3.45.